The smallest absolute Gasteiger partial charge is 0.271 e. The molecular weight excluding hydrogens is 270 g/mol. The summed E-state index contributed by atoms with van der Waals surface area (Å²) in [4.78, 5) is 19.6. The van der Waals surface area contributed by atoms with Gasteiger partial charge in [0, 0.05) is 13.1 Å². The molecule has 0 saturated heterocycles. The van der Waals surface area contributed by atoms with E-state index in [0.717, 1.165) is 13.0 Å². The molecule has 0 radical (unpaired) electrons. The largest absolute Gasteiger partial charge is 0.374 e. The number of aromatic nitrogens is 2. The number of nitrogens with one attached hydrogen (secondary N) is 2. The predicted octanol–water partition coefficient (Wildman–Crippen LogP) is 1.31. The molecule has 0 spiro atoms. The van der Waals surface area contributed by atoms with Gasteiger partial charge in [-0.15, -0.1) is 0 Å². The first-order chi connectivity index (χ1) is 9.63. The van der Waals surface area contributed by atoms with Crippen LogP contribution in [0, 0.1) is 0 Å². The van der Waals surface area contributed by atoms with E-state index in [-0.39, 0.29) is 18.8 Å². The van der Waals surface area contributed by atoms with Crippen molar-refractivity contribution in [2.75, 3.05) is 31.6 Å². The van der Waals surface area contributed by atoms with Crippen molar-refractivity contribution < 1.29 is 18.3 Å². The second kappa shape index (κ2) is 9.13. The summed E-state index contributed by atoms with van der Waals surface area (Å²) >= 11 is 0. The predicted molar refractivity (Wildman–Crippen MR) is 70.0 cm³/mol. The van der Waals surface area contributed by atoms with Gasteiger partial charge in [0.05, 0.1) is 19.0 Å². The molecule has 2 N–H and O–H groups in total. The summed E-state index contributed by atoms with van der Waals surface area (Å²) in [5, 5.41) is 5.54. The van der Waals surface area contributed by atoms with E-state index in [2.05, 4.69) is 25.3 Å². The summed E-state index contributed by atoms with van der Waals surface area (Å²) in [5.74, 6) is 0.184. The molecule has 20 heavy (non-hydrogen) atoms. The van der Waals surface area contributed by atoms with Gasteiger partial charge in [0.25, 0.3) is 12.3 Å². The normalized spacial score (nSPS) is 10.6. The lowest BCUT2D eigenvalue weighted by Crippen LogP contribution is -2.28. The highest BCUT2D eigenvalue weighted by Crippen LogP contribution is 2.01. The maximum Gasteiger partial charge on any atom is 0.271 e. The van der Waals surface area contributed by atoms with Crippen LogP contribution in [0.2, 0.25) is 0 Å². The van der Waals surface area contributed by atoms with E-state index >= 15 is 0 Å². The molecule has 0 fully saturated rings. The number of nitrogens with zero attached hydrogens (tertiary/aromatic N) is 2. The van der Waals surface area contributed by atoms with E-state index in [1.807, 2.05) is 6.92 Å². The van der Waals surface area contributed by atoms with Crippen LogP contribution in [0.5, 0.6) is 0 Å². The topological polar surface area (TPSA) is 76.1 Å². The number of alkyl halides is 2. The molecule has 1 aromatic heterocycles. The fourth-order valence-electron chi connectivity index (χ4n) is 1.29. The van der Waals surface area contributed by atoms with Gasteiger partial charge in [-0.3, -0.25) is 4.79 Å². The van der Waals surface area contributed by atoms with Crippen molar-refractivity contribution in [3.8, 4) is 0 Å². The van der Waals surface area contributed by atoms with E-state index in [9.17, 15) is 13.6 Å². The lowest BCUT2D eigenvalue weighted by Gasteiger charge is -2.06. The monoisotopic (exact) mass is 288 g/mol. The zero-order chi connectivity index (χ0) is 14.8. The molecule has 0 aliphatic heterocycles. The second-order valence-electron chi connectivity index (χ2n) is 3.94. The minimum absolute atomic E-state index is 0.0274. The first-order valence-corrected chi connectivity index (χ1v) is 6.33. The number of carbonyl (C=O) groups is 1. The molecule has 8 heteroatoms. The molecule has 0 aliphatic carbocycles. The highest BCUT2D eigenvalue weighted by Gasteiger charge is 2.07. The Labute approximate surface area is 115 Å². The fraction of sp³-hybridized carbons (Fsp3) is 0.583. The Morgan fingerprint density at radius 2 is 2.15 bits per heavy atom. The van der Waals surface area contributed by atoms with E-state index < -0.39 is 18.9 Å². The third-order valence-corrected chi connectivity index (χ3v) is 2.22. The van der Waals surface area contributed by atoms with E-state index in [4.69, 9.17) is 0 Å². The van der Waals surface area contributed by atoms with Crippen molar-refractivity contribution >= 4 is 11.7 Å². The molecule has 1 aromatic rings. The van der Waals surface area contributed by atoms with Crippen LogP contribution < -0.4 is 10.6 Å². The van der Waals surface area contributed by atoms with Crippen molar-refractivity contribution in [3.63, 3.8) is 0 Å². The van der Waals surface area contributed by atoms with Gasteiger partial charge in [-0.25, -0.2) is 18.7 Å². The van der Waals surface area contributed by atoms with Gasteiger partial charge < -0.3 is 15.4 Å². The van der Waals surface area contributed by atoms with Crippen molar-refractivity contribution in [2.45, 2.75) is 19.8 Å². The number of ether oxygens (including phenoxy) is 1. The van der Waals surface area contributed by atoms with Gasteiger partial charge in [-0.2, -0.15) is 0 Å². The van der Waals surface area contributed by atoms with Crippen molar-refractivity contribution in [1.29, 1.82) is 0 Å². The number of carbonyl (C=O) groups excluding carboxylic acids is 1. The fourth-order valence-corrected chi connectivity index (χ4v) is 1.29. The Bertz CT molecular complexity index is 401. The Balaban J connectivity index is 2.29. The quantitative estimate of drug-likeness (QED) is 0.670. The summed E-state index contributed by atoms with van der Waals surface area (Å²) < 4.78 is 28.2. The lowest BCUT2D eigenvalue weighted by atomic mass is 10.4. The van der Waals surface area contributed by atoms with Crippen molar-refractivity contribution in [1.82, 2.24) is 15.3 Å². The second-order valence-corrected chi connectivity index (χ2v) is 3.94. The van der Waals surface area contributed by atoms with Crippen molar-refractivity contribution in [3.05, 3.63) is 18.1 Å². The van der Waals surface area contributed by atoms with Gasteiger partial charge >= 0.3 is 0 Å². The Kier molecular flexibility index (Phi) is 7.41. The van der Waals surface area contributed by atoms with Crippen LogP contribution >= 0.6 is 0 Å². The zero-order valence-corrected chi connectivity index (χ0v) is 11.2. The van der Waals surface area contributed by atoms with E-state index in [0.29, 0.717) is 5.82 Å². The van der Waals surface area contributed by atoms with Gasteiger partial charge in [0.15, 0.2) is 0 Å². The highest BCUT2D eigenvalue weighted by molar-refractivity contribution is 5.91. The van der Waals surface area contributed by atoms with Crippen LogP contribution in [0.25, 0.3) is 0 Å². The molecule has 0 unspecified atom stereocenters. The Morgan fingerprint density at radius 1 is 1.35 bits per heavy atom. The van der Waals surface area contributed by atoms with E-state index in [1.165, 1.54) is 12.4 Å². The van der Waals surface area contributed by atoms with Crippen LogP contribution in [0.3, 0.4) is 0 Å². The number of halogens is 2. The average Bonchev–Trinajstić information content (AvgIpc) is 2.44. The number of rotatable bonds is 9. The number of amides is 1. The van der Waals surface area contributed by atoms with Crippen LogP contribution in [-0.4, -0.2) is 48.6 Å². The molecule has 0 atom stereocenters. The summed E-state index contributed by atoms with van der Waals surface area (Å²) in [5.41, 5.74) is 0.168. The number of anilines is 1. The first-order valence-electron chi connectivity index (χ1n) is 6.33. The van der Waals surface area contributed by atoms with Gasteiger partial charge in [-0.1, -0.05) is 6.92 Å². The van der Waals surface area contributed by atoms with Crippen LogP contribution in [0.15, 0.2) is 12.4 Å². The SMILES string of the molecule is CCCNc1cnc(C(=O)NCCOCC(F)F)cn1. The maximum absolute atomic E-state index is 11.8. The molecule has 6 nitrogen and oxygen atoms in total. The molecule has 112 valence electrons. The molecule has 1 rings (SSSR count). The number of hydrogen-bond donors (Lipinski definition) is 2. The number of hydrogen-bond acceptors (Lipinski definition) is 5. The van der Waals surface area contributed by atoms with Crippen LogP contribution in [0.4, 0.5) is 14.6 Å². The molecular formula is C12H18F2N4O2. The average molecular weight is 288 g/mol. The Hall–Kier alpha value is -1.83. The molecule has 0 aliphatic rings. The first kappa shape index (κ1) is 16.2. The lowest BCUT2D eigenvalue weighted by molar-refractivity contribution is 0.0188. The minimum atomic E-state index is -2.50. The third kappa shape index (κ3) is 6.37. The standard InChI is InChI=1S/C12H18F2N4O2/c1-2-3-15-11-7-17-9(6-18-11)12(19)16-4-5-20-8-10(13)14/h6-7,10H,2-5,8H2,1H3,(H,15,18)(H,16,19). The zero-order valence-electron chi connectivity index (χ0n) is 11.2. The highest BCUT2D eigenvalue weighted by atomic mass is 19.3. The molecule has 1 heterocycles. The summed E-state index contributed by atoms with van der Waals surface area (Å²) in [6.07, 6.45) is 1.29. The summed E-state index contributed by atoms with van der Waals surface area (Å²) in [6.45, 7) is 2.34. The maximum atomic E-state index is 11.8. The third-order valence-electron chi connectivity index (χ3n) is 2.22. The molecule has 1 amide bonds. The molecule has 0 bridgehead atoms. The van der Waals surface area contributed by atoms with Gasteiger partial charge in [-0.05, 0) is 6.42 Å². The van der Waals surface area contributed by atoms with Gasteiger partial charge in [0.1, 0.15) is 18.1 Å². The van der Waals surface area contributed by atoms with Gasteiger partial charge in [0.2, 0.25) is 0 Å². The molecule has 0 aromatic carbocycles. The summed E-state index contributed by atoms with van der Waals surface area (Å²) in [7, 11) is 0. The molecule has 0 saturated carbocycles. The Morgan fingerprint density at radius 3 is 2.75 bits per heavy atom. The minimum Gasteiger partial charge on any atom is -0.374 e. The van der Waals surface area contributed by atoms with E-state index in [1.54, 1.807) is 0 Å². The van der Waals surface area contributed by atoms with Crippen LogP contribution in [0.1, 0.15) is 23.8 Å². The van der Waals surface area contributed by atoms with Crippen molar-refractivity contribution in [2.24, 2.45) is 0 Å². The summed E-state index contributed by atoms with van der Waals surface area (Å²) in [6, 6.07) is 0. The van der Waals surface area contributed by atoms with Crippen LogP contribution in [-0.2, 0) is 4.74 Å².